The van der Waals surface area contributed by atoms with Gasteiger partial charge in [0.05, 0.1) is 4.90 Å². The third-order valence-electron chi connectivity index (χ3n) is 4.31. The summed E-state index contributed by atoms with van der Waals surface area (Å²) in [6, 6.07) is 15.8. The minimum atomic E-state index is -3.64. The molecule has 0 saturated carbocycles. The van der Waals surface area contributed by atoms with E-state index in [0.29, 0.717) is 12.0 Å². The Kier molecular flexibility index (Phi) is 7.02. The molecule has 0 aromatic heterocycles. The molecule has 2 aromatic carbocycles. The fourth-order valence-electron chi connectivity index (χ4n) is 2.82. The Labute approximate surface area is 162 Å². The van der Waals surface area contributed by atoms with Crippen LogP contribution in [-0.4, -0.2) is 35.0 Å². The first-order chi connectivity index (χ1) is 12.7. The average molecular weight is 389 g/mol. The number of anilines is 1. The van der Waals surface area contributed by atoms with Crippen LogP contribution in [0.1, 0.15) is 31.1 Å². The van der Waals surface area contributed by atoms with Crippen molar-refractivity contribution in [2.24, 2.45) is 5.92 Å². The molecule has 0 spiro atoms. The number of amides is 1. The third kappa shape index (κ3) is 5.57. The highest BCUT2D eigenvalue weighted by molar-refractivity contribution is 7.91. The summed E-state index contributed by atoms with van der Waals surface area (Å²) >= 11 is 0. The molecule has 6 heteroatoms. The molecule has 0 fully saturated rings. The molecule has 0 heterocycles. The smallest absolute Gasteiger partial charge is 0.220 e. The van der Waals surface area contributed by atoms with Crippen molar-refractivity contribution in [2.75, 3.05) is 25.5 Å². The van der Waals surface area contributed by atoms with E-state index < -0.39 is 15.1 Å². The molecule has 146 valence electrons. The molecule has 5 nitrogen and oxygen atoms in total. The van der Waals surface area contributed by atoms with E-state index in [-0.39, 0.29) is 23.3 Å². The van der Waals surface area contributed by atoms with Gasteiger partial charge < -0.3 is 10.2 Å². The number of hydrogen-bond acceptors (Lipinski definition) is 4. The number of rotatable bonds is 8. The van der Waals surface area contributed by atoms with Gasteiger partial charge in [0.2, 0.25) is 5.91 Å². The maximum atomic E-state index is 13.2. The Balaban J connectivity index is 2.35. The fraction of sp³-hybridized carbons (Fsp3) is 0.381. The van der Waals surface area contributed by atoms with Crippen molar-refractivity contribution in [1.82, 2.24) is 5.32 Å². The Morgan fingerprint density at radius 3 is 2.11 bits per heavy atom. The van der Waals surface area contributed by atoms with E-state index >= 15 is 0 Å². The van der Waals surface area contributed by atoms with Crippen LogP contribution in [0.4, 0.5) is 5.69 Å². The van der Waals surface area contributed by atoms with Crippen molar-refractivity contribution in [3.8, 4) is 0 Å². The highest BCUT2D eigenvalue weighted by Crippen LogP contribution is 2.29. The van der Waals surface area contributed by atoms with Gasteiger partial charge in [-0.1, -0.05) is 44.2 Å². The lowest BCUT2D eigenvalue weighted by Gasteiger charge is -2.20. The van der Waals surface area contributed by atoms with E-state index in [4.69, 9.17) is 0 Å². The zero-order chi connectivity index (χ0) is 20.0. The van der Waals surface area contributed by atoms with E-state index in [1.807, 2.05) is 57.1 Å². The predicted octanol–water partition coefficient (Wildman–Crippen LogP) is 3.43. The van der Waals surface area contributed by atoms with Crippen molar-refractivity contribution in [3.63, 3.8) is 0 Å². The van der Waals surface area contributed by atoms with E-state index in [1.165, 1.54) is 0 Å². The first-order valence-corrected chi connectivity index (χ1v) is 10.6. The highest BCUT2D eigenvalue weighted by Gasteiger charge is 2.29. The second-order valence-corrected chi connectivity index (χ2v) is 9.37. The van der Waals surface area contributed by atoms with E-state index in [0.717, 1.165) is 5.69 Å². The number of sulfone groups is 1. The molecule has 1 N–H and O–H groups in total. The van der Waals surface area contributed by atoms with Crippen molar-refractivity contribution in [3.05, 3.63) is 60.2 Å². The molecule has 1 atom stereocenters. The van der Waals surface area contributed by atoms with Crippen LogP contribution >= 0.6 is 0 Å². The Morgan fingerprint density at radius 1 is 1.00 bits per heavy atom. The second kappa shape index (κ2) is 9.04. The van der Waals surface area contributed by atoms with E-state index in [9.17, 15) is 13.2 Å². The van der Waals surface area contributed by atoms with Gasteiger partial charge in [0.1, 0.15) is 5.25 Å². The van der Waals surface area contributed by atoms with Gasteiger partial charge in [0.15, 0.2) is 9.84 Å². The summed E-state index contributed by atoms with van der Waals surface area (Å²) in [5.74, 6) is 0.0803. The summed E-state index contributed by atoms with van der Waals surface area (Å²) in [4.78, 5) is 14.3. The SMILES string of the molecule is CC(C)CC(=O)NC[C@H](c1ccc(N(C)C)cc1)S(=O)(=O)c1ccccc1. The second-order valence-electron chi connectivity index (χ2n) is 7.23. The number of nitrogens with one attached hydrogen (secondary N) is 1. The quantitative estimate of drug-likeness (QED) is 0.752. The van der Waals surface area contributed by atoms with Crippen LogP contribution in [-0.2, 0) is 14.6 Å². The number of nitrogens with zero attached hydrogens (tertiary/aromatic N) is 1. The normalized spacial score (nSPS) is 12.6. The zero-order valence-corrected chi connectivity index (χ0v) is 17.2. The van der Waals surface area contributed by atoms with Gasteiger partial charge >= 0.3 is 0 Å². The van der Waals surface area contributed by atoms with Crippen LogP contribution in [0.15, 0.2) is 59.5 Å². The van der Waals surface area contributed by atoms with Gasteiger partial charge in [-0.3, -0.25) is 4.79 Å². The van der Waals surface area contributed by atoms with Gasteiger partial charge in [-0.15, -0.1) is 0 Å². The molecule has 0 radical (unpaired) electrons. The van der Waals surface area contributed by atoms with Gasteiger partial charge in [0, 0.05) is 32.7 Å². The zero-order valence-electron chi connectivity index (χ0n) is 16.3. The van der Waals surface area contributed by atoms with Gasteiger partial charge in [-0.25, -0.2) is 8.42 Å². The summed E-state index contributed by atoms with van der Waals surface area (Å²) in [7, 11) is 0.220. The molecule has 0 aliphatic heterocycles. The summed E-state index contributed by atoms with van der Waals surface area (Å²) in [5.41, 5.74) is 1.65. The summed E-state index contributed by atoms with van der Waals surface area (Å²) < 4.78 is 26.4. The lowest BCUT2D eigenvalue weighted by molar-refractivity contribution is -0.121. The fourth-order valence-corrected chi connectivity index (χ4v) is 4.50. The lowest BCUT2D eigenvalue weighted by Crippen LogP contribution is -2.32. The Bertz CT molecular complexity index is 845. The monoisotopic (exact) mass is 388 g/mol. The lowest BCUT2D eigenvalue weighted by atomic mass is 10.1. The van der Waals surface area contributed by atoms with Crippen molar-refractivity contribution >= 4 is 21.4 Å². The molecular weight excluding hydrogens is 360 g/mol. The van der Waals surface area contributed by atoms with Crippen molar-refractivity contribution in [1.29, 1.82) is 0 Å². The molecule has 2 aromatic rings. The summed E-state index contributed by atoms with van der Waals surface area (Å²) in [6.45, 7) is 3.96. The van der Waals surface area contributed by atoms with Crippen LogP contribution in [0.25, 0.3) is 0 Å². The van der Waals surface area contributed by atoms with Crippen molar-refractivity contribution < 1.29 is 13.2 Å². The van der Waals surface area contributed by atoms with Crippen LogP contribution in [0.5, 0.6) is 0 Å². The molecule has 0 saturated heterocycles. The molecule has 1 amide bonds. The number of hydrogen-bond donors (Lipinski definition) is 1. The molecule has 0 unspecified atom stereocenters. The summed E-state index contributed by atoms with van der Waals surface area (Å²) in [5, 5.41) is 1.96. The van der Waals surface area contributed by atoms with Crippen molar-refractivity contribution in [2.45, 2.75) is 30.4 Å². The van der Waals surface area contributed by atoms with Crippen LogP contribution in [0.3, 0.4) is 0 Å². The maximum Gasteiger partial charge on any atom is 0.220 e. The van der Waals surface area contributed by atoms with Gasteiger partial charge in [-0.05, 0) is 35.7 Å². The van der Waals surface area contributed by atoms with Crippen LogP contribution < -0.4 is 10.2 Å². The number of benzene rings is 2. The van der Waals surface area contributed by atoms with E-state index in [2.05, 4.69) is 5.32 Å². The molecule has 27 heavy (non-hydrogen) atoms. The van der Waals surface area contributed by atoms with Crippen LogP contribution in [0.2, 0.25) is 0 Å². The third-order valence-corrected chi connectivity index (χ3v) is 6.42. The first kappa shape index (κ1) is 21.0. The average Bonchev–Trinajstić information content (AvgIpc) is 2.62. The van der Waals surface area contributed by atoms with Crippen LogP contribution in [0, 0.1) is 5.92 Å². The molecular formula is C21H28N2O3S. The highest BCUT2D eigenvalue weighted by atomic mass is 32.2. The van der Waals surface area contributed by atoms with Gasteiger partial charge in [-0.2, -0.15) is 0 Å². The minimum Gasteiger partial charge on any atom is -0.378 e. The predicted molar refractivity (Wildman–Crippen MR) is 110 cm³/mol. The molecule has 0 aliphatic carbocycles. The summed E-state index contributed by atoms with van der Waals surface area (Å²) in [6.07, 6.45) is 0.373. The molecule has 2 rings (SSSR count). The number of carbonyl (C=O) groups is 1. The van der Waals surface area contributed by atoms with E-state index in [1.54, 1.807) is 30.3 Å². The van der Waals surface area contributed by atoms with Gasteiger partial charge in [0.25, 0.3) is 0 Å². The topological polar surface area (TPSA) is 66.5 Å². The Morgan fingerprint density at radius 2 is 1.59 bits per heavy atom. The maximum absolute atomic E-state index is 13.2. The molecule has 0 aliphatic rings. The Hall–Kier alpha value is -2.34. The number of carbonyl (C=O) groups excluding carboxylic acids is 1. The first-order valence-electron chi connectivity index (χ1n) is 9.04. The minimum absolute atomic E-state index is 0.0457. The standard InChI is InChI=1S/C21H28N2O3S/c1-16(2)14-21(24)22-15-20(17-10-12-18(13-11-17)23(3)4)27(25,26)19-8-6-5-7-9-19/h5-13,16,20H,14-15H2,1-4H3,(H,22,24)/t20-/m1/s1. The largest absolute Gasteiger partial charge is 0.378 e. The molecule has 0 bridgehead atoms.